The molecule has 0 amide bonds. The van der Waals surface area contributed by atoms with Gasteiger partial charge < -0.3 is 4.74 Å². The summed E-state index contributed by atoms with van der Waals surface area (Å²) >= 11 is 0. The van der Waals surface area contributed by atoms with Crippen molar-refractivity contribution < 1.29 is 9.53 Å². The number of ether oxygens (including phenoxy) is 1. The van der Waals surface area contributed by atoms with Crippen molar-refractivity contribution in [2.24, 2.45) is 5.92 Å². The molecule has 3 heteroatoms. The van der Waals surface area contributed by atoms with E-state index in [0.29, 0.717) is 0 Å². The molecule has 0 spiro atoms. The van der Waals surface area contributed by atoms with Gasteiger partial charge in [0.1, 0.15) is 6.04 Å². The Morgan fingerprint density at radius 3 is 2.53 bits per heavy atom. The van der Waals surface area contributed by atoms with Crippen LogP contribution in [0.3, 0.4) is 0 Å². The first-order chi connectivity index (χ1) is 7.19. The summed E-state index contributed by atoms with van der Waals surface area (Å²) in [6.07, 6.45) is 4.36. The fourth-order valence-electron chi connectivity index (χ4n) is 2.20. The molecule has 0 N–H and O–H groups in total. The number of likely N-dealkylation sites (tertiary alicyclic amines) is 1. The first kappa shape index (κ1) is 12.5. The second-order valence-electron chi connectivity index (χ2n) is 4.55. The molecule has 1 heterocycles. The summed E-state index contributed by atoms with van der Waals surface area (Å²) in [5, 5.41) is 0. The number of methoxy groups -OCH3 is 1. The van der Waals surface area contributed by atoms with E-state index in [0.717, 1.165) is 31.8 Å². The average molecular weight is 213 g/mol. The molecule has 15 heavy (non-hydrogen) atoms. The third-order valence-corrected chi connectivity index (χ3v) is 3.29. The zero-order chi connectivity index (χ0) is 11.3. The average Bonchev–Trinajstić information content (AvgIpc) is 2.26. The van der Waals surface area contributed by atoms with Crippen molar-refractivity contribution in [3.05, 3.63) is 0 Å². The zero-order valence-electron chi connectivity index (χ0n) is 10.2. The van der Waals surface area contributed by atoms with E-state index in [1.807, 2.05) is 0 Å². The van der Waals surface area contributed by atoms with Crippen LogP contribution in [0.15, 0.2) is 0 Å². The van der Waals surface area contributed by atoms with Gasteiger partial charge in [0.25, 0.3) is 0 Å². The number of rotatable bonds is 4. The summed E-state index contributed by atoms with van der Waals surface area (Å²) in [5.74, 6) is 0.743. The molecule has 1 rings (SSSR count). The Labute approximate surface area is 92.8 Å². The molecule has 88 valence electrons. The van der Waals surface area contributed by atoms with Gasteiger partial charge in [0, 0.05) is 0 Å². The van der Waals surface area contributed by atoms with Crippen molar-refractivity contribution in [3.8, 4) is 0 Å². The minimum Gasteiger partial charge on any atom is -0.468 e. The highest BCUT2D eigenvalue weighted by Crippen LogP contribution is 2.20. The van der Waals surface area contributed by atoms with Crippen LogP contribution in [0, 0.1) is 5.92 Å². The molecule has 1 saturated heterocycles. The molecular formula is C12H23NO2. The molecule has 0 aromatic carbocycles. The van der Waals surface area contributed by atoms with E-state index >= 15 is 0 Å². The minimum atomic E-state index is -0.0635. The fourth-order valence-corrected chi connectivity index (χ4v) is 2.20. The lowest BCUT2D eigenvalue weighted by molar-refractivity contribution is -0.148. The van der Waals surface area contributed by atoms with Crippen LogP contribution in [0.4, 0.5) is 0 Å². The third kappa shape index (κ3) is 3.49. The fraction of sp³-hybridized carbons (Fsp3) is 0.917. The van der Waals surface area contributed by atoms with Crippen molar-refractivity contribution in [3.63, 3.8) is 0 Å². The molecular weight excluding hydrogens is 190 g/mol. The van der Waals surface area contributed by atoms with E-state index in [1.54, 1.807) is 0 Å². The van der Waals surface area contributed by atoms with Gasteiger partial charge in [-0.2, -0.15) is 0 Å². The molecule has 0 bridgehead atoms. The molecule has 1 unspecified atom stereocenters. The lowest BCUT2D eigenvalue weighted by Gasteiger charge is -2.35. The van der Waals surface area contributed by atoms with Gasteiger partial charge in [-0.05, 0) is 38.3 Å². The third-order valence-electron chi connectivity index (χ3n) is 3.29. The Balaban J connectivity index is 2.51. The Bertz CT molecular complexity index is 198. The zero-order valence-corrected chi connectivity index (χ0v) is 10.2. The molecule has 0 aromatic rings. The van der Waals surface area contributed by atoms with Crippen LogP contribution >= 0.6 is 0 Å². The predicted molar refractivity (Wildman–Crippen MR) is 60.7 cm³/mol. The Morgan fingerprint density at radius 1 is 1.47 bits per heavy atom. The van der Waals surface area contributed by atoms with Crippen LogP contribution in [0.5, 0.6) is 0 Å². The number of carbonyl (C=O) groups is 1. The van der Waals surface area contributed by atoms with E-state index in [2.05, 4.69) is 18.7 Å². The van der Waals surface area contributed by atoms with Gasteiger partial charge in [-0.15, -0.1) is 0 Å². The number of hydrogen-bond acceptors (Lipinski definition) is 3. The molecule has 0 aromatic heterocycles. The Morgan fingerprint density at radius 2 is 2.07 bits per heavy atom. The number of nitrogens with zero attached hydrogens (tertiary/aromatic N) is 1. The van der Waals surface area contributed by atoms with Crippen LogP contribution in [-0.4, -0.2) is 37.1 Å². The van der Waals surface area contributed by atoms with E-state index in [9.17, 15) is 4.79 Å². The Kier molecular flexibility index (Phi) is 5.09. The van der Waals surface area contributed by atoms with Crippen molar-refractivity contribution >= 4 is 5.97 Å². The van der Waals surface area contributed by atoms with Crippen molar-refractivity contribution in [2.75, 3.05) is 20.2 Å². The highest BCUT2D eigenvalue weighted by Gasteiger charge is 2.28. The van der Waals surface area contributed by atoms with E-state index in [1.165, 1.54) is 20.0 Å². The second-order valence-corrected chi connectivity index (χ2v) is 4.55. The van der Waals surface area contributed by atoms with Crippen molar-refractivity contribution in [1.82, 2.24) is 4.90 Å². The first-order valence-corrected chi connectivity index (χ1v) is 6.01. The second kappa shape index (κ2) is 6.11. The van der Waals surface area contributed by atoms with Gasteiger partial charge in [0.2, 0.25) is 0 Å². The largest absolute Gasteiger partial charge is 0.468 e. The van der Waals surface area contributed by atoms with Crippen LogP contribution in [0.1, 0.15) is 39.5 Å². The predicted octanol–water partition coefficient (Wildman–Crippen LogP) is 2.06. The van der Waals surface area contributed by atoms with Crippen LogP contribution < -0.4 is 0 Å². The highest BCUT2D eigenvalue weighted by molar-refractivity contribution is 5.75. The quantitative estimate of drug-likeness (QED) is 0.669. The molecule has 0 aliphatic carbocycles. The molecule has 0 saturated carbocycles. The van der Waals surface area contributed by atoms with Gasteiger partial charge in [0.15, 0.2) is 0 Å². The number of piperidine rings is 1. The number of esters is 1. The highest BCUT2D eigenvalue weighted by atomic mass is 16.5. The van der Waals surface area contributed by atoms with Crippen LogP contribution in [0.25, 0.3) is 0 Å². The molecule has 3 nitrogen and oxygen atoms in total. The van der Waals surface area contributed by atoms with Crippen LogP contribution in [0.2, 0.25) is 0 Å². The molecule has 1 aliphatic heterocycles. The maximum atomic E-state index is 11.6. The monoisotopic (exact) mass is 213 g/mol. The molecule has 1 fully saturated rings. The SMILES string of the molecule is CCCC(C(=O)OC)N1CCC(C)CC1. The van der Waals surface area contributed by atoms with Gasteiger partial charge in [-0.3, -0.25) is 9.69 Å². The van der Waals surface area contributed by atoms with Crippen LogP contribution in [-0.2, 0) is 9.53 Å². The minimum absolute atomic E-state index is 0.00694. The summed E-state index contributed by atoms with van der Waals surface area (Å²) in [6, 6.07) is -0.00694. The lowest BCUT2D eigenvalue weighted by atomic mass is 9.97. The van der Waals surface area contributed by atoms with Gasteiger partial charge in [-0.1, -0.05) is 20.3 Å². The van der Waals surface area contributed by atoms with Crippen molar-refractivity contribution in [1.29, 1.82) is 0 Å². The lowest BCUT2D eigenvalue weighted by Crippen LogP contribution is -2.45. The summed E-state index contributed by atoms with van der Waals surface area (Å²) in [5.41, 5.74) is 0. The van der Waals surface area contributed by atoms with E-state index in [4.69, 9.17) is 4.74 Å². The maximum absolute atomic E-state index is 11.6. The standard InChI is InChI=1S/C12H23NO2/c1-4-5-11(12(14)15-3)13-8-6-10(2)7-9-13/h10-11H,4-9H2,1-3H3. The number of carbonyl (C=O) groups excluding carboxylic acids is 1. The van der Waals surface area contributed by atoms with E-state index in [-0.39, 0.29) is 12.0 Å². The molecule has 1 atom stereocenters. The van der Waals surface area contributed by atoms with Crippen molar-refractivity contribution in [2.45, 2.75) is 45.6 Å². The van der Waals surface area contributed by atoms with Gasteiger partial charge >= 0.3 is 5.97 Å². The smallest absolute Gasteiger partial charge is 0.323 e. The summed E-state index contributed by atoms with van der Waals surface area (Å²) in [6.45, 7) is 6.48. The topological polar surface area (TPSA) is 29.5 Å². The first-order valence-electron chi connectivity index (χ1n) is 6.01. The number of hydrogen-bond donors (Lipinski definition) is 0. The van der Waals surface area contributed by atoms with E-state index < -0.39 is 0 Å². The Hall–Kier alpha value is -0.570. The maximum Gasteiger partial charge on any atom is 0.323 e. The van der Waals surface area contributed by atoms with Gasteiger partial charge in [-0.25, -0.2) is 0 Å². The summed E-state index contributed by atoms with van der Waals surface area (Å²) in [7, 11) is 1.48. The summed E-state index contributed by atoms with van der Waals surface area (Å²) in [4.78, 5) is 13.9. The molecule has 0 radical (unpaired) electrons. The molecule has 1 aliphatic rings. The normalized spacial score (nSPS) is 21.3. The van der Waals surface area contributed by atoms with Gasteiger partial charge in [0.05, 0.1) is 7.11 Å². The summed E-state index contributed by atoms with van der Waals surface area (Å²) < 4.78 is 4.86.